The summed E-state index contributed by atoms with van der Waals surface area (Å²) in [5.41, 5.74) is 5.48. The lowest BCUT2D eigenvalue weighted by Gasteiger charge is -2.27. The zero-order valence-electron chi connectivity index (χ0n) is 14.0. The smallest absolute Gasteiger partial charge is 0.253 e. The summed E-state index contributed by atoms with van der Waals surface area (Å²) in [7, 11) is 0. The topological polar surface area (TPSA) is 79.2 Å². The van der Waals surface area contributed by atoms with Crippen LogP contribution >= 0.6 is 11.6 Å². The van der Waals surface area contributed by atoms with Gasteiger partial charge in [-0.1, -0.05) is 24.3 Å². The number of aryl methyl sites for hydroxylation is 1. The number of benzene rings is 1. The lowest BCUT2D eigenvalue weighted by molar-refractivity contribution is -0.125. The molecule has 3 rings (SSSR count). The standard InChI is InChI=1S/C18H16ClF2N3O2/c1-3-10(25)24-6-4-5-9(7-24)11-12-14(19)8(2)23-17(12)13(18(22)26)16(21)15(11)20/h3,5,23H,1,4,6-7H2,2H3,(H2,22,26). The number of nitrogens with zero attached hydrogens (tertiary/aromatic N) is 1. The normalized spacial score (nSPS) is 14.5. The Labute approximate surface area is 153 Å². The Morgan fingerprint density at radius 2 is 2.08 bits per heavy atom. The average Bonchev–Trinajstić information content (AvgIpc) is 2.89. The molecule has 0 atom stereocenters. The number of nitrogens with one attached hydrogen (secondary N) is 1. The van der Waals surface area contributed by atoms with Gasteiger partial charge in [-0.05, 0) is 25.0 Å². The molecule has 1 aliphatic heterocycles. The fourth-order valence-corrected chi connectivity index (χ4v) is 3.47. The van der Waals surface area contributed by atoms with Gasteiger partial charge in [-0.15, -0.1) is 0 Å². The third kappa shape index (κ3) is 2.68. The lowest BCUT2D eigenvalue weighted by atomic mass is 9.94. The second-order valence-corrected chi connectivity index (χ2v) is 6.42. The number of fused-ring (bicyclic) bond motifs is 1. The van der Waals surface area contributed by atoms with Crippen LogP contribution in [-0.4, -0.2) is 34.8 Å². The maximum Gasteiger partial charge on any atom is 0.253 e. The Morgan fingerprint density at radius 3 is 2.69 bits per heavy atom. The number of primary amides is 1. The molecule has 26 heavy (non-hydrogen) atoms. The number of carbonyl (C=O) groups is 2. The highest BCUT2D eigenvalue weighted by atomic mass is 35.5. The first-order valence-corrected chi connectivity index (χ1v) is 8.25. The van der Waals surface area contributed by atoms with Crippen LogP contribution in [-0.2, 0) is 4.79 Å². The summed E-state index contributed by atoms with van der Waals surface area (Å²) in [5, 5.41) is 0.348. The summed E-state index contributed by atoms with van der Waals surface area (Å²) in [6.07, 6.45) is 3.36. The van der Waals surface area contributed by atoms with E-state index in [0.717, 1.165) is 0 Å². The molecule has 1 aliphatic rings. The number of amides is 2. The van der Waals surface area contributed by atoms with Crippen molar-refractivity contribution < 1.29 is 18.4 Å². The van der Waals surface area contributed by atoms with Crippen LogP contribution in [0.2, 0.25) is 5.02 Å². The van der Waals surface area contributed by atoms with Gasteiger partial charge < -0.3 is 15.6 Å². The molecule has 1 aromatic heterocycles. The van der Waals surface area contributed by atoms with Gasteiger partial charge in [-0.25, -0.2) is 8.78 Å². The number of hydrogen-bond donors (Lipinski definition) is 2. The highest BCUT2D eigenvalue weighted by Gasteiger charge is 2.30. The highest BCUT2D eigenvalue weighted by molar-refractivity contribution is 6.37. The minimum absolute atomic E-state index is 0.0435. The fourth-order valence-electron chi connectivity index (χ4n) is 3.24. The van der Waals surface area contributed by atoms with Crippen molar-refractivity contribution in [1.29, 1.82) is 0 Å². The summed E-state index contributed by atoms with van der Waals surface area (Å²) in [4.78, 5) is 27.8. The van der Waals surface area contributed by atoms with Crippen molar-refractivity contribution in [3.63, 3.8) is 0 Å². The second-order valence-electron chi connectivity index (χ2n) is 6.04. The van der Waals surface area contributed by atoms with Gasteiger partial charge in [0.05, 0.1) is 10.5 Å². The number of hydrogen-bond acceptors (Lipinski definition) is 2. The first-order chi connectivity index (χ1) is 12.3. The van der Waals surface area contributed by atoms with Gasteiger partial charge in [-0.3, -0.25) is 9.59 Å². The van der Waals surface area contributed by atoms with Gasteiger partial charge in [0.15, 0.2) is 11.6 Å². The zero-order chi connectivity index (χ0) is 19.2. The monoisotopic (exact) mass is 379 g/mol. The van der Waals surface area contributed by atoms with Gasteiger partial charge in [0, 0.05) is 29.7 Å². The second kappa shape index (κ2) is 6.57. The first kappa shape index (κ1) is 18.1. The van der Waals surface area contributed by atoms with E-state index in [-0.39, 0.29) is 33.9 Å². The van der Waals surface area contributed by atoms with E-state index in [1.807, 2.05) is 0 Å². The quantitative estimate of drug-likeness (QED) is 0.802. The molecule has 0 spiro atoms. The first-order valence-electron chi connectivity index (χ1n) is 7.87. The van der Waals surface area contributed by atoms with Gasteiger partial charge in [0.2, 0.25) is 5.91 Å². The van der Waals surface area contributed by atoms with Crippen LogP contribution in [0.15, 0.2) is 18.7 Å². The number of halogens is 3. The molecule has 0 saturated heterocycles. The molecule has 5 nitrogen and oxygen atoms in total. The van der Waals surface area contributed by atoms with Crippen LogP contribution in [0.1, 0.15) is 28.0 Å². The van der Waals surface area contributed by atoms with Gasteiger partial charge in [-0.2, -0.15) is 0 Å². The number of aromatic amines is 1. The number of nitrogens with two attached hydrogens (primary N) is 1. The van der Waals surface area contributed by atoms with Gasteiger partial charge in [0.1, 0.15) is 5.56 Å². The largest absolute Gasteiger partial charge is 0.365 e. The molecular weight excluding hydrogens is 364 g/mol. The predicted molar refractivity (Wildman–Crippen MR) is 95.9 cm³/mol. The third-order valence-corrected chi connectivity index (χ3v) is 4.92. The van der Waals surface area contributed by atoms with E-state index in [4.69, 9.17) is 17.3 Å². The van der Waals surface area contributed by atoms with Crippen LogP contribution < -0.4 is 5.73 Å². The number of rotatable bonds is 3. The summed E-state index contributed by atoms with van der Waals surface area (Å²) >= 11 is 6.30. The van der Waals surface area contributed by atoms with E-state index in [2.05, 4.69) is 11.6 Å². The molecule has 3 N–H and O–H groups in total. The minimum Gasteiger partial charge on any atom is -0.365 e. The van der Waals surface area contributed by atoms with E-state index in [1.54, 1.807) is 13.0 Å². The average molecular weight is 380 g/mol. The highest BCUT2D eigenvalue weighted by Crippen LogP contribution is 2.39. The number of H-pyrrole nitrogens is 1. The van der Waals surface area contributed by atoms with E-state index < -0.39 is 23.1 Å². The van der Waals surface area contributed by atoms with Crippen molar-refractivity contribution in [3.05, 3.63) is 52.2 Å². The Bertz CT molecular complexity index is 994. The molecule has 136 valence electrons. The van der Waals surface area contributed by atoms with Crippen molar-refractivity contribution in [2.45, 2.75) is 13.3 Å². The molecule has 0 saturated carbocycles. The van der Waals surface area contributed by atoms with Crippen molar-refractivity contribution in [2.75, 3.05) is 13.1 Å². The third-order valence-electron chi connectivity index (χ3n) is 4.45. The summed E-state index contributed by atoms with van der Waals surface area (Å²) in [6.45, 7) is 5.58. The van der Waals surface area contributed by atoms with Crippen molar-refractivity contribution in [2.24, 2.45) is 5.73 Å². The molecule has 8 heteroatoms. The van der Waals surface area contributed by atoms with Crippen LogP contribution in [0.4, 0.5) is 8.78 Å². The van der Waals surface area contributed by atoms with Crippen LogP contribution in [0.5, 0.6) is 0 Å². The minimum atomic E-state index is -1.34. The Morgan fingerprint density at radius 1 is 1.38 bits per heavy atom. The molecular formula is C18H16ClF2N3O2. The van der Waals surface area contributed by atoms with Crippen molar-refractivity contribution in [3.8, 4) is 0 Å². The van der Waals surface area contributed by atoms with Crippen LogP contribution in [0.3, 0.4) is 0 Å². The maximum absolute atomic E-state index is 14.9. The molecule has 0 unspecified atom stereocenters. The number of aromatic nitrogens is 1. The fraction of sp³-hybridized carbons (Fsp3) is 0.222. The van der Waals surface area contributed by atoms with Crippen LogP contribution in [0, 0.1) is 18.6 Å². The molecule has 0 radical (unpaired) electrons. The van der Waals surface area contributed by atoms with Gasteiger partial charge in [0.25, 0.3) is 5.91 Å². The lowest BCUT2D eigenvalue weighted by Crippen LogP contribution is -2.34. The van der Waals surface area contributed by atoms with E-state index in [9.17, 15) is 18.4 Å². The zero-order valence-corrected chi connectivity index (χ0v) is 14.7. The van der Waals surface area contributed by atoms with E-state index in [1.165, 1.54) is 11.0 Å². The Balaban J connectivity index is 2.30. The Kier molecular flexibility index (Phi) is 4.58. The summed E-state index contributed by atoms with van der Waals surface area (Å²) in [5.74, 6) is -3.97. The SMILES string of the molecule is C=CC(=O)N1CCC=C(c2c(F)c(F)c(C(N)=O)c3[nH]c(C)c(Cl)c23)C1. The van der Waals surface area contributed by atoms with E-state index >= 15 is 0 Å². The summed E-state index contributed by atoms with van der Waals surface area (Å²) < 4.78 is 29.5. The molecule has 2 amide bonds. The van der Waals surface area contributed by atoms with Gasteiger partial charge >= 0.3 is 0 Å². The van der Waals surface area contributed by atoms with Crippen LogP contribution in [0.25, 0.3) is 16.5 Å². The van der Waals surface area contributed by atoms with Crippen molar-refractivity contribution in [1.82, 2.24) is 9.88 Å². The summed E-state index contributed by atoms with van der Waals surface area (Å²) in [6, 6.07) is 0. The molecule has 0 aliphatic carbocycles. The molecule has 2 aromatic rings. The molecule has 0 bridgehead atoms. The molecule has 0 fully saturated rings. The maximum atomic E-state index is 14.9. The molecule has 2 heterocycles. The number of carbonyl (C=O) groups excluding carboxylic acids is 2. The predicted octanol–water partition coefficient (Wildman–Crippen LogP) is 3.31. The van der Waals surface area contributed by atoms with Crippen molar-refractivity contribution >= 4 is 39.9 Å². The Hall–Kier alpha value is -2.67. The molecule has 1 aromatic carbocycles. The van der Waals surface area contributed by atoms with E-state index in [0.29, 0.717) is 24.2 Å².